The fraction of sp³-hybridized carbons (Fsp3) is 0.333. The highest BCUT2D eigenvalue weighted by Gasteiger charge is 2.21. The molecule has 1 aromatic rings. The molecule has 0 atom stereocenters. The number of hydrogen-bond donors (Lipinski definition) is 2. The summed E-state index contributed by atoms with van der Waals surface area (Å²) in [5, 5.41) is 18.1. The van der Waals surface area contributed by atoms with E-state index in [0.717, 1.165) is 0 Å². The first-order valence-electron chi connectivity index (χ1n) is 5.07. The Balaban J connectivity index is 3.57. The van der Waals surface area contributed by atoms with Crippen LogP contribution in [-0.4, -0.2) is 29.3 Å². The number of hydrogen-bond acceptors (Lipinski definition) is 3. The van der Waals surface area contributed by atoms with Crippen molar-refractivity contribution >= 4 is 11.9 Å². The van der Waals surface area contributed by atoms with Gasteiger partial charge in [-0.2, -0.15) is 0 Å². The van der Waals surface area contributed by atoms with Crippen LogP contribution in [0, 0.1) is 0 Å². The second-order valence-corrected chi connectivity index (χ2v) is 3.91. The zero-order chi connectivity index (χ0) is 13.2. The lowest BCUT2D eigenvalue weighted by atomic mass is 9.96. The number of rotatable bonds is 4. The van der Waals surface area contributed by atoms with Crippen molar-refractivity contribution in [2.24, 2.45) is 0 Å². The molecule has 0 radical (unpaired) electrons. The molecule has 5 nitrogen and oxygen atoms in total. The van der Waals surface area contributed by atoms with E-state index >= 15 is 0 Å². The van der Waals surface area contributed by atoms with Crippen molar-refractivity contribution < 1.29 is 24.5 Å². The van der Waals surface area contributed by atoms with Crippen LogP contribution in [0.4, 0.5) is 0 Å². The van der Waals surface area contributed by atoms with E-state index in [9.17, 15) is 9.59 Å². The van der Waals surface area contributed by atoms with E-state index in [1.54, 1.807) is 0 Å². The molecule has 0 heterocycles. The van der Waals surface area contributed by atoms with Gasteiger partial charge in [-0.3, -0.25) is 0 Å². The number of carboxylic acid groups (broad SMARTS) is 2. The first-order chi connectivity index (χ1) is 7.88. The van der Waals surface area contributed by atoms with E-state index < -0.39 is 11.9 Å². The lowest BCUT2D eigenvalue weighted by Crippen LogP contribution is -2.09. The average Bonchev–Trinajstić information content (AvgIpc) is 2.26. The molecular weight excluding hydrogens is 224 g/mol. The van der Waals surface area contributed by atoms with Crippen LogP contribution >= 0.6 is 0 Å². The highest BCUT2D eigenvalue weighted by Crippen LogP contribution is 2.29. The number of ether oxygens (including phenoxy) is 1. The van der Waals surface area contributed by atoms with Gasteiger partial charge < -0.3 is 14.9 Å². The zero-order valence-corrected chi connectivity index (χ0v) is 9.85. The van der Waals surface area contributed by atoms with Gasteiger partial charge in [-0.15, -0.1) is 0 Å². The quantitative estimate of drug-likeness (QED) is 0.840. The molecular formula is C12H14O5. The summed E-state index contributed by atoms with van der Waals surface area (Å²) in [5.41, 5.74) is 0.396. The summed E-state index contributed by atoms with van der Waals surface area (Å²) in [4.78, 5) is 22.1. The van der Waals surface area contributed by atoms with E-state index in [1.807, 2.05) is 13.8 Å². The second kappa shape index (κ2) is 4.86. The maximum atomic E-state index is 11.1. The van der Waals surface area contributed by atoms with Crippen LogP contribution in [0.25, 0.3) is 0 Å². The summed E-state index contributed by atoms with van der Waals surface area (Å²) >= 11 is 0. The highest BCUT2D eigenvalue weighted by molar-refractivity contribution is 5.99. The number of benzene rings is 1. The van der Waals surface area contributed by atoms with Crippen molar-refractivity contribution in [3.63, 3.8) is 0 Å². The summed E-state index contributed by atoms with van der Waals surface area (Å²) in [7, 11) is 1.25. The number of methoxy groups -OCH3 is 1. The maximum Gasteiger partial charge on any atom is 0.339 e. The first kappa shape index (κ1) is 13.0. The lowest BCUT2D eigenvalue weighted by Gasteiger charge is -2.13. The van der Waals surface area contributed by atoms with Crippen molar-refractivity contribution in [2.45, 2.75) is 19.8 Å². The molecule has 0 bridgehead atoms. The lowest BCUT2D eigenvalue weighted by molar-refractivity contribution is 0.0690. The fourth-order valence-electron chi connectivity index (χ4n) is 1.52. The first-order valence-corrected chi connectivity index (χ1v) is 5.07. The molecule has 0 aromatic heterocycles. The van der Waals surface area contributed by atoms with Crippen LogP contribution in [0.1, 0.15) is 46.0 Å². The number of aromatic carboxylic acids is 2. The summed E-state index contributed by atoms with van der Waals surface area (Å²) in [6.07, 6.45) is 0. The van der Waals surface area contributed by atoms with Crippen LogP contribution in [-0.2, 0) is 0 Å². The zero-order valence-electron chi connectivity index (χ0n) is 9.85. The molecule has 0 aliphatic heterocycles. The van der Waals surface area contributed by atoms with Gasteiger partial charge in [0, 0.05) is 0 Å². The average molecular weight is 238 g/mol. The molecule has 0 saturated carbocycles. The molecule has 5 heteroatoms. The Hall–Kier alpha value is -2.04. The molecule has 0 fully saturated rings. The van der Waals surface area contributed by atoms with Gasteiger partial charge in [-0.1, -0.05) is 13.8 Å². The molecule has 0 amide bonds. The predicted molar refractivity (Wildman–Crippen MR) is 61.0 cm³/mol. The van der Waals surface area contributed by atoms with Gasteiger partial charge in [-0.25, -0.2) is 9.59 Å². The van der Waals surface area contributed by atoms with Gasteiger partial charge >= 0.3 is 11.9 Å². The Bertz CT molecular complexity index is 427. The van der Waals surface area contributed by atoms with Gasteiger partial charge in [0.2, 0.25) is 0 Å². The van der Waals surface area contributed by atoms with Crippen LogP contribution < -0.4 is 4.74 Å². The molecule has 0 aliphatic rings. The monoisotopic (exact) mass is 238 g/mol. The Morgan fingerprint density at radius 1 is 1.12 bits per heavy atom. The van der Waals surface area contributed by atoms with E-state index in [4.69, 9.17) is 14.9 Å². The van der Waals surface area contributed by atoms with Crippen LogP contribution in [0.3, 0.4) is 0 Å². The van der Waals surface area contributed by atoms with E-state index in [0.29, 0.717) is 5.56 Å². The summed E-state index contributed by atoms with van der Waals surface area (Å²) in [6.45, 7) is 3.72. The standard InChI is InChI=1S/C12H14O5/c1-6(2)7-4-8(11(13)14)10(17-3)9(5-7)12(15)16/h4-6H,1-3H3,(H,13,14)(H,15,16). The van der Waals surface area contributed by atoms with Gasteiger partial charge in [0.25, 0.3) is 0 Å². The number of carbonyl (C=O) groups is 2. The van der Waals surface area contributed by atoms with Gasteiger partial charge in [0.15, 0.2) is 0 Å². The summed E-state index contributed by atoms with van der Waals surface area (Å²) in [6, 6.07) is 2.89. The fourth-order valence-corrected chi connectivity index (χ4v) is 1.52. The number of carboxylic acids is 2. The molecule has 92 valence electrons. The Labute approximate surface area is 98.6 Å². The molecule has 0 spiro atoms. The predicted octanol–water partition coefficient (Wildman–Crippen LogP) is 2.21. The normalized spacial score (nSPS) is 10.4. The molecule has 1 rings (SSSR count). The third-order valence-corrected chi connectivity index (χ3v) is 2.44. The Morgan fingerprint density at radius 2 is 1.53 bits per heavy atom. The topological polar surface area (TPSA) is 83.8 Å². The third kappa shape index (κ3) is 2.55. The second-order valence-electron chi connectivity index (χ2n) is 3.91. The molecule has 0 unspecified atom stereocenters. The van der Waals surface area contributed by atoms with Gasteiger partial charge in [-0.05, 0) is 23.6 Å². The van der Waals surface area contributed by atoms with Crippen LogP contribution in [0.2, 0.25) is 0 Å². The van der Waals surface area contributed by atoms with Gasteiger partial charge in [0.05, 0.1) is 7.11 Å². The van der Waals surface area contributed by atoms with Crippen LogP contribution in [0.5, 0.6) is 5.75 Å². The van der Waals surface area contributed by atoms with Gasteiger partial charge in [0.1, 0.15) is 16.9 Å². The SMILES string of the molecule is COc1c(C(=O)O)cc(C(C)C)cc1C(=O)O. The minimum atomic E-state index is -1.20. The van der Waals surface area contributed by atoms with Crippen molar-refractivity contribution in [3.05, 3.63) is 28.8 Å². The molecule has 17 heavy (non-hydrogen) atoms. The minimum absolute atomic E-state index is 0.0390. The van der Waals surface area contributed by atoms with E-state index in [-0.39, 0.29) is 22.8 Å². The van der Waals surface area contributed by atoms with Crippen LogP contribution in [0.15, 0.2) is 12.1 Å². The smallest absolute Gasteiger partial charge is 0.339 e. The maximum absolute atomic E-state index is 11.1. The molecule has 2 N–H and O–H groups in total. The Kier molecular flexibility index (Phi) is 3.73. The largest absolute Gasteiger partial charge is 0.495 e. The molecule has 1 aromatic carbocycles. The summed E-state index contributed by atoms with van der Waals surface area (Å²) < 4.78 is 4.87. The minimum Gasteiger partial charge on any atom is -0.495 e. The molecule has 0 aliphatic carbocycles. The summed E-state index contributed by atoms with van der Waals surface area (Å²) in [5.74, 6) is -2.48. The van der Waals surface area contributed by atoms with Crippen molar-refractivity contribution in [1.29, 1.82) is 0 Å². The van der Waals surface area contributed by atoms with Crippen molar-refractivity contribution in [3.8, 4) is 5.75 Å². The third-order valence-electron chi connectivity index (χ3n) is 2.44. The van der Waals surface area contributed by atoms with Crippen molar-refractivity contribution in [1.82, 2.24) is 0 Å². The highest BCUT2D eigenvalue weighted by atomic mass is 16.5. The van der Waals surface area contributed by atoms with E-state index in [2.05, 4.69) is 0 Å². The molecule has 0 saturated heterocycles. The Morgan fingerprint density at radius 3 is 1.76 bits per heavy atom. The van der Waals surface area contributed by atoms with Crippen molar-refractivity contribution in [2.75, 3.05) is 7.11 Å². The van der Waals surface area contributed by atoms with E-state index in [1.165, 1.54) is 19.2 Å².